The van der Waals surface area contributed by atoms with Gasteiger partial charge in [0.05, 0.1) is 18.5 Å². The Balaban J connectivity index is 1.82. The quantitative estimate of drug-likeness (QED) is 0.252. The minimum Gasteiger partial charge on any atom is -0.453 e. The van der Waals surface area contributed by atoms with Gasteiger partial charge in [-0.3, -0.25) is 10.1 Å². The zero-order chi connectivity index (χ0) is 22.1. The predicted octanol–water partition coefficient (Wildman–Crippen LogP) is 4.82. The molecule has 0 saturated heterocycles. The van der Waals surface area contributed by atoms with E-state index in [1.807, 2.05) is 48.5 Å². The van der Waals surface area contributed by atoms with Crippen molar-refractivity contribution in [3.8, 4) is 0 Å². The van der Waals surface area contributed by atoms with Crippen molar-refractivity contribution < 1.29 is 14.3 Å². The van der Waals surface area contributed by atoms with E-state index in [0.29, 0.717) is 33.4 Å². The highest BCUT2D eigenvalue weighted by Crippen LogP contribution is 2.26. The van der Waals surface area contributed by atoms with Crippen LogP contribution in [0.5, 0.6) is 0 Å². The summed E-state index contributed by atoms with van der Waals surface area (Å²) in [6, 6.07) is 23.9. The van der Waals surface area contributed by atoms with Crippen molar-refractivity contribution in [2.75, 3.05) is 18.6 Å². The van der Waals surface area contributed by atoms with E-state index in [2.05, 4.69) is 10.3 Å². The number of aliphatic imine (C=N–C) groups is 1. The molecule has 7 heteroatoms. The molecule has 3 N–H and O–H groups in total. The van der Waals surface area contributed by atoms with E-state index in [1.54, 1.807) is 30.3 Å². The maximum atomic E-state index is 12.8. The topological polar surface area (TPSA) is 93.8 Å². The standard InChI is InChI=1S/C24H23N3O3S/c1-30-24(29)27-23(31-15-14-17-8-4-2-5-9-17)26-21-16-19(12-13-20(21)25)22(28)18-10-6-3-7-11-18/h2-13,16H,14-15,25H2,1H3,(H,26,27,29). The number of nitrogens with two attached hydrogens (primary N) is 1. The highest BCUT2D eigenvalue weighted by molar-refractivity contribution is 8.13. The summed E-state index contributed by atoms with van der Waals surface area (Å²) in [4.78, 5) is 29.0. The normalized spacial score (nSPS) is 11.1. The van der Waals surface area contributed by atoms with Crippen LogP contribution in [0.15, 0.2) is 83.9 Å². The van der Waals surface area contributed by atoms with Gasteiger partial charge in [-0.1, -0.05) is 72.4 Å². The summed E-state index contributed by atoms with van der Waals surface area (Å²) in [6.07, 6.45) is 0.177. The Morgan fingerprint density at radius 3 is 2.32 bits per heavy atom. The van der Waals surface area contributed by atoms with Crippen LogP contribution in [0.2, 0.25) is 0 Å². The van der Waals surface area contributed by atoms with Gasteiger partial charge in [0.2, 0.25) is 0 Å². The van der Waals surface area contributed by atoms with Crippen molar-refractivity contribution in [1.82, 2.24) is 5.32 Å². The first-order chi connectivity index (χ1) is 15.1. The van der Waals surface area contributed by atoms with Crippen LogP contribution in [0.25, 0.3) is 0 Å². The number of hydrogen-bond acceptors (Lipinski definition) is 6. The van der Waals surface area contributed by atoms with Gasteiger partial charge >= 0.3 is 6.09 Å². The fourth-order valence-corrected chi connectivity index (χ4v) is 3.64. The van der Waals surface area contributed by atoms with Gasteiger partial charge in [-0.05, 0) is 30.2 Å². The van der Waals surface area contributed by atoms with Gasteiger partial charge in [-0.25, -0.2) is 9.79 Å². The molecule has 31 heavy (non-hydrogen) atoms. The minimum absolute atomic E-state index is 0.128. The number of amides is 1. The molecule has 0 fully saturated rings. The molecule has 0 heterocycles. The number of nitrogens with zero attached hydrogens (tertiary/aromatic N) is 1. The Labute approximate surface area is 185 Å². The van der Waals surface area contributed by atoms with Crippen LogP contribution >= 0.6 is 11.8 Å². The summed E-state index contributed by atoms with van der Waals surface area (Å²) in [6.45, 7) is 0. The largest absolute Gasteiger partial charge is 0.453 e. The monoisotopic (exact) mass is 433 g/mol. The van der Waals surface area contributed by atoms with E-state index in [0.717, 1.165) is 6.42 Å². The number of carbonyl (C=O) groups is 2. The molecule has 3 aromatic carbocycles. The third-order valence-electron chi connectivity index (χ3n) is 4.42. The number of ether oxygens (including phenoxy) is 1. The molecule has 0 aliphatic heterocycles. The van der Waals surface area contributed by atoms with Gasteiger partial charge in [-0.2, -0.15) is 0 Å². The van der Waals surface area contributed by atoms with Crippen LogP contribution < -0.4 is 11.1 Å². The third kappa shape index (κ3) is 6.45. The van der Waals surface area contributed by atoms with E-state index < -0.39 is 6.09 Å². The summed E-state index contributed by atoms with van der Waals surface area (Å²) < 4.78 is 4.70. The average Bonchev–Trinajstić information content (AvgIpc) is 2.81. The predicted molar refractivity (Wildman–Crippen MR) is 126 cm³/mol. The lowest BCUT2D eigenvalue weighted by molar-refractivity contribution is 0.103. The second kappa shape index (κ2) is 11.0. The highest BCUT2D eigenvalue weighted by atomic mass is 32.2. The third-order valence-corrected chi connectivity index (χ3v) is 5.29. The SMILES string of the molecule is COC(=O)NC(=Nc1cc(C(=O)c2ccccc2)ccc1N)SCCc1ccccc1. The number of aryl methyl sites for hydroxylation is 1. The van der Waals surface area contributed by atoms with Gasteiger partial charge in [-0.15, -0.1) is 0 Å². The molecular weight excluding hydrogens is 410 g/mol. The molecule has 0 spiro atoms. The van der Waals surface area contributed by atoms with E-state index in [4.69, 9.17) is 10.5 Å². The molecule has 3 aromatic rings. The minimum atomic E-state index is -0.624. The van der Waals surface area contributed by atoms with Crippen molar-refractivity contribution in [3.63, 3.8) is 0 Å². The zero-order valence-electron chi connectivity index (χ0n) is 17.1. The average molecular weight is 434 g/mol. The number of thioether (sulfide) groups is 1. The number of rotatable bonds is 6. The number of carbonyl (C=O) groups excluding carboxylic acids is 2. The second-order valence-corrected chi connectivity index (χ2v) is 7.67. The zero-order valence-corrected chi connectivity index (χ0v) is 17.9. The summed E-state index contributed by atoms with van der Waals surface area (Å²) in [5.74, 6) is 0.561. The Bertz CT molecular complexity index is 1070. The van der Waals surface area contributed by atoms with Crippen LogP contribution in [0.3, 0.4) is 0 Å². The van der Waals surface area contributed by atoms with Gasteiger partial charge in [0.25, 0.3) is 0 Å². The molecular formula is C24H23N3O3S. The van der Waals surface area contributed by atoms with Crippen LogP contribution in [-0.4, -0.2) is 29.9 Å². The Kier molecular flexibility index (Phi) is 7.84. The number of alkyl carbamates (subject to hydrolysis) is 1. The molecule has 0 atom stereocenters. The van der Waals surface area contributed by atoms with Crippen molar-refractivity contribution >= 4 is 40.2 Å². The summed E-state index contributed by atoms with van der Waals surface area (Å²) in [7, 11) is 1.29. The molecule has 3 rings (SSSR count). The van der Waals surface area contributed by atoms with Crippen LogP contribution in [-0.2, 0) is 11.2 Å². The first kappa shape index (κ1) is 22.1. The fourth-order valence-electron chi connectivity index (χ4n) is 2.79. The Hall–Kier alpha value is -3.58. The number of nitrogens with one attached hydrogen (secondary N) is 1. The molecule has 1 amide bonds. The first-order valence-corrected chi connectivity index (χ1v) is 10.6. The Morgan fingerprint density at radius 2 is 1.65 bits per heavy atom. The summed E-state index contributed by atoms with van der Waals surface area (Å²) in [5.41, 5.74) is 9.11. The molecule has 0 aliphatic carbocycles. The van der Waals surface area contributed by atoms with E-state index >= 15 is 0 Å². The number of hydrogen-bond donors (Lipinski definition) is 2. The van der Waals surface area contributed by atoms with E-state index in [1.165, 1.54) is 24.4 Å². The van der Waals surface area contributed by atoms with Crippen LogP contribution in [0.1, 0.15) is 21.5 Å². The van der Waals surface area contributed by atoms with Crippen LogP contribution in [0, 0.1) is 0 Å². The molecule has 158 valence electrons. The number of benzene rings is 3. The maximum absolute atomic E-state index is 12.8. The number of anilines is 1. The number of methoxy groups -OCH3 is 1. The van der Waals surface area contributed by atoms with Gasteiger partial charge in [0.15, 0.2) is 11.0 Å². The lowest BCUT2D eigenvalue weighted by Crippen LogP contribution is -2.28. The summed E-state index contributed by atoms with van der Waals surface area (Å²) >= 11 is 1.37. The molecule has 0 radical (unpaired) electrons. The van der Waals surface area contributed by atoms with E-state index in [-0.39, 0.29) is 5.78 Å². The molecule has 0 unspecified atom stereocenters. The second-order valence-electron chi connectivity index (χ2n) is 6.59. The number of amidine groups is 1. The molecule has 0 aromatic heterocycles. The Morgan fingerprint density at radius 1 is 0.968 bits per heavy atom. The van der Waals surface area contributed by atoms with Crippen molar-refractivity contribution in [1.29, 1.82) is 0 Å². The molecule has 0 aliphatic rings. The lowest BCUT2D eigenvalue weighted by Gasteiger charge is -2.10. The number of nitrogen functional groups attached to an aromatic ring is 1. The van der Waals surface area contributed by atoms with Gasteiger partial charge in [0.1, 0.15) is 0 Å². The molecule has 0 saturated carbocycles. The molecule has 0 bridgehead atoms. The highest BCUT2D eigenvalue weighted by Gasteiger charge is 2.13. The van der Waals surface area contributed by atoms with Crippen LogP contribution in [0.4, 0.5) is 16.2 Å². The molecule has 6 nitrogen and oxygen atoms in total. The van der Waals surface area contributed by atoms with Gasteiger partial charge in [0, 0.05) is 16.9 Å². The smallest absolute Gasteiger partial charge is 0.412 e. The first-order valence-electron chi connectivity index (χ1n) is 9.66. The van der Waals surface area contributed by atoms with Crippen molar-refractivity contribution in [3.05, 3.63) is 95.6 Å². The van der Waals surface area contributed by atoms with Crippen molar-refractivity contribution in [2.45, 2.75) is 6.42 Å². The number of ketones is 1. The fraction of sp³-hybridized carbons (Fsp3) is 0.125. The maximum Gasteiger partial charge on any atom is 0.412 e. The van der Waals surface area contributed by atoms with E-state index in [9.17, 15) is 9.59 Å². The van der Waals surface area contributed by atoms with Gasteiger partial charge < -0.3 is 10.5 Å². The summed E-state index contributed by atoms with van der Waals surface area (Å²) in [5, 5.41) is 2.97. The lowest BCUT2D eigenvalue weighted by atomic mass is 10.0. The van der Waals surface area contributed by atoms with Crippen molar-refractivity contribution in [2.24, 2.45) is 4.99 Å².